The Kier molecular flexibility index (Phi) is 3.95. The van der Waals surface area contributed by atoms with Crippen LogP contribution >= 0.6 is 11.6 Å². The average Bonchev–Trinajstić information content (AvgIpc) is 3.16. The molecule has 0 aromatic heterocycles. The molecular weight excluding hydrogens is 270 g/mol. The van der Waals surface area contributed by atoms with Crippen molar-refractivity contribution in [1.29, 1.82) is 0 Å². The second-order valence-corrected chi connectivity index (χ2v) is 4.90. The van der Waals surface area contributed by atoms with Gasteiger partial charge in [0.15, 0.2) is 0 Å². The molecule has 2 rings (SSSR count). The monoisotopic (exact) mass is 283 g/mol. The zero-order chi connectivity index (χ0) is 14.0. The maximum atomic E-state index is 11.7. The molecule has 0 heterocycles. The van der Waals surface area contributed by atoms with Crippen molar-refractivity contribution < 1.29 is 19.4 Å². The molecule has 1 aromatic rings. The zero-order valence-corrected chi connectivity index (χ0v) is 11.1. The first-order valence-electron chi connectivity index (χ1n) is 5.86. The molecule has 1 saturated carbocycles. The molecule has 0 aliphatic heterocycles. The second-order valence-electron chi connectivity index (χ2n) is 4.46. The second kappa shape index (κ2) is 5.48. The Morgan fingerprint density at radius 3 is 2.79 bits per heavy atom. The molecule has 2 atom stereocenters. The van der Waals surface area contributed by atoms with E-state index in [-0.39, 0.29) is 12.5 Å². The predicted octanol–water partition coefficient (Wildman–Crippen LogP) is 1.69. The summed E-state index contributed by atoms with van der Waals surface area (Å²) in [4.78, 5) is 22.4. The SMILES string of the molecule is COc1ccc(Cl)cc1CNC(=O)C1CC1C(=O)O. The van der Waals surface area contributed by atoms with Gasteiger partial charge in [-0.05, 0) is 24.6 Å². The minimum absolute atomic E-state index is 0.241. The zero-order valence-electron chi connectivity index (χ0n) is 10.4. The van der Waals surface area contributed by atoms with Gasteiger partial charge in [-0.1, -0.05) is 11.6 Å². The number of hydrogen-bond donors (Lipinski definition) is 2. The van der Waals surface area contributed by atoms with Crippen LogP contribution < -0.4 is 10.1 Å². The Morgan fingerprint density at radius 2 is 2.21 bits per heavy atom. The molecule has 0 bridgehead atoms. The number of rotatable bonds is 5. The van der Waals surface area contributed by atoms with Crippen LogP contribution in [0.25, 0.3) is 0 Å². The number of benzene rings is 1. The van der Waals surface area contributed by atoms with Crippen molar-refractivity contribution in [3.8, 4) is 5.75 Å². The molecule has 19 heavy (non-hydrogen) atoms. The molecule has 1 aliphatic rings. The van der Waals surface area contributed by atoms with Crippen LogP contribution in [0.2, 0.25) is 5.02 Å². The number of amides is 1. The lowest BCUT2D eigenvalue weighted by Gasteiger charge is -2.10. The van der Waals surface area contributed by atoms with Gasteiger partial charge < -0.3 is 15.2 Å². The third kappa shape index (κ3) is 3.17. The van der Waals surface area contributed by atoms with Gasteiger partial charge in [0.25, 0.3) is 0 Å². The molecule has 2 unspecified atom stereocenters. The highest BCUT2D eigenvalue weighted by Gasteiger charge is 2.48. The van der Waals surface area contributed by atoms with Gasteiger partial charge in [0.2, 0.25) is 5.91 Å². The van der Waals surface area contributed by atoms with Crippen molar-refractivity contribution >= 4 is 23.5 Å². The minimum atomic E-state index is -0.916. The highest BCUT2D eigenvalue weighted by atomic mass is 35.5. The van der Waals surface area contributed by atoms with Gasteiger partial charge in [-0.25, -0.2) is 0 Å². The fourth-order valence-corrected chi connectivity index (χ4v) is 2.15. The summed E-state index contributed by atoms with van der Waals surface area (Å²) >= 11 is 5.88. The van der Waals surface area contributed by atoms with Crippen LogP contribution in [0.15, 0.2) is 18.2 Å². The molecule has 1 amide bonds. The number of aliphatic carboxylic acids is 1. The molecule has 5 nitrogen and oxygen atoms in total. The van der Waals surface area contributed by atoms with Crippen LogP contribution in [0.3, 0.4) is 0 Å². The smallest absolute Gasteiger partial charge is 0.307 e. The third-order valence-electron chi connectivity index (χ3n) is 3.14. The van der Waals surface area contributed by atoms with Crippen LogP contribution in [-0.4, -0.2) is 24.1 Å². The van der Waals surface area contributed by atoms with Crippen LogP contribution in [0, 0.1) is 11.8 Å². The van der Waals surface area contributed by atoms with E-state index in [2.05, 4.69) is 5.32 Å². The Hall–Kier alpha value is -1.75. The maximum Gasteiger partial charge on any atom is 0.307 e. The predicted molar refractivity (Wildman–Crippen MR) is 69.1 cm³/mol. The summed E-state index contributed by atoms with van der Waals surface area (Å²) < 4.78 is 5.16. The van der Waals surface area contributed by atoms with Crippen LogP contribution in [-0.2, 0) is 16.1 Å². The molecule has 1 aliphatic carbocycles. The van der Waals surface area contributed by atoms with Crippen LogP contribution in [0.1, 0.15) is 12.0 Å². The molecule has 0 radical (unpaired) electrons. The first-order chi connectivity index (χ1) is 9.02. The number of ether oxygens (including phenoxy) is 1. The Morgan fingerprint density at radius 1 is 1.47 bits per heavy atom. The van der Waals surface area contributed by atoms with Crippen molar-refractivity contribution in [3.63, 3.8) is 0 Å². The fraction of sp³-hybridized carbons (Fsp3) is 0.385. The maximum absolute atomic E-state index is 11.7. The van der Waals surface area contributed by atoms with Gasteiger partial charge in [0.1, 0.15) is 5.75 Å². The highest BCUT2D eigenvalue weighted by molar-refractivity contribution is 6.30. The molecule has 1 fully saturated rings. The number of carbonyl (C=O) groups is 2. The van der Waals surface area contributed by atoms with Crippen molar-refractivity contribution in [2.75, 3.05) is 7.11 Å². The molecule has 2 N–H and O–H groups in total. The van der Waals surface area contributed by atoms with E-state index in [9.17, 15) is 9.59 Å². The number of halogens is 1. The summed E-state index contributed by atoms with van der Waals surface area (Å²) in [6.07, 6.45) is 0.411. The van der Waals surface area contributed by atoms with Gasteiger partial charge in [-0.2, -0.15) is 0 Å². The minimum Gasteiger partial charge on any atom is -0.496 e. The molecular formula is C13H14ClNO4. The molecule has 1 aromatic carbocycles. The van der Waals surface area contributed by atoms with Crippen molar-refractivity contribution in [3.05, 3.63) is 28.8 Å². The van der Waals surface area contributed by atoms with E-state index in [0.717, 1.165) is 5.56 Å². The normalized spacial score (nSPS) is 20.7. The van der Waals surface area contributed by atoms with Gasteiger partial charge in [0.05, 0.1) is 18.9 Å². The number of methoxy groups -OCH3 is 1. The number of carboxylic acid groups (broad SMARTS) is 1. The van der Waals surface area contributed by atoms with E-state index < -0.39 is 17.8 Å². The van der Waals surface area contributed by atoms with E-state index in [1.807, 2.05) is 0 Å². The lowest BCUT2D eigenvalue weighted by atomic mass is 10.2. The van der Waals surface area contributed by atoms with Crippen LogP contribution in [0.4, 0.5) is 0 Å². The third-order valence-corrected chi connectivity index (χ3v) is 3.38. The van der Waals surface area contributed by atoms with Gasteiger partial charge in [-0.15, -0.1) is 0 Å². The topological polar surface area (TPSA) is 75.6 Å². The van der Waals surface area contributed by atoms with Crippen molar-refractivity contribution in [2.24, 2.45) is 11.8 Å². The van der Waals surface area contributed by atoms with E-state index in [1.165, 1.54) is 7.11 Å². The largest absolute Gasteiger partial charge is 0.496 e. The van der Waals surface area contributed by atoms with Gasteiger partial charge in [-0.3, -0.25) is 9.59 Å². The first-order valence-corrected chi connectivity index (χ1v) is 6.23. The number of carboxylic acids is 1. The lowest BCUT2D eigenvalue weighted by molar-refractivity contribution is -0.140. The van der Waals surface area contributed by atoms with Crippen LogP contribution in [0.5, 0.6) is 5.75 Å². The van der Waals surface area contributed by atoms with E-state index in [4.69, 9.17) is 21.4 Å². The van der Waals surface area contributed by atoms with E-state index in [0.29, 0.717) is 17.2 Å². The lowest BCUT2D eigenvalue weighted by Crippen LogP contribution is -2.26. The molecule has 6 heteroatoms. The first kappa shape index (κ1) is 13.7. The van der Waals surface area contributed by atoms with Gasteiger partial charge >= 0.3 is 5.97 Å². The van der Waals surface area contributed by atoms with Crippen molar-refractivity contribution in [1.82, 2.24) is 5.32 Å². The number of nitrogens with one attached hydrogen (secondary N) is 1. The Labute approximate surface area is 115 Å². The quantitative estimate of drug-likeness (QED) is 0.862. The van der Waals surface area contributed by atoms with E-state index >= 15 is 0 Å². The van der Waals surface area contributed by atoms with Crippen molar-refractivity contribution in [2.45, 2.75) is 13.0 Å². The number of hydrogen-bond acceptors (Lipinski definition) is 3. The standard InChI is InChI=1S/C13H14ClNO4/c1-19-11-3-2-8(14)4-7(11)6-15-12(16)9-5-10(9)13(17)18/h2-4,9-10H,5-6H2,1H3,(H,15,16)(H,17,18). The van der Waals surface area contributed by atoms with E-state index in [1.54, 1.807) is 18.2 Å². The summed E-state index contributed by atoms with van der Waals surface area (Å²) in [6, 6.07) is 5.14. The molecule has 102 valence electrons. The Bertz CT molecular complexity index is 517. The number of carbonyl (C=O) groups excluding carboxylic acids is 1. The summed E-state index contributed by atoms with van der Waals surface area (Å²) in [5.74, 6) is -1.48. The van der Waals surface area contributed by atoms with Gasteiger partial charge in [0, 0.05) is 17.1 Å². The Balaban J connectivity index is 1.94. The molecule has 0 spiro atoms. The molecule has 0 saturated heterocycles. The highest BCUT2D eigenvalue weighted by Crippen LogP contribution is 2.38. The fourth-order valence-electron chi connectivity index (χ4n) is 1.96. The summed E-state index contributed by atoms with van der Waals surface area (Å²) in [5.41, 5.74) is 0.760. The summed E-state index contributed by atoms with van der Waals surface area (Å²) in [7, 11) is 1.54. The summed E-state index contributed by atoms with van der Waals surface area (Å²) in [6.45, 7) is 0.269. The summed E-state index contributed by atoms with van der Waals surface area (Å²) in [5, 5.41) is 12.0. The average molecular weight is 284 g/mol.